The SMILES string of the molecule is Cc1cc(S(=O)(=O)NC2CCCC2)cc2c1NC(=O)C2(C)C. The molecule has 1 aliphatic carbocycles. The van der Waals surface area contributed by atoms with Gasteiger partial charge in [-0.1, -0.05) is 12.8 Å². The molecule has 6 heteroatoms. The Kier molecular flexibility index (Phi) is 3.57. The van der Waals surface area contributed by atoms with Crippen LogP contribution in [-0.2, 0) is 20.2 Å². The van der Waals surface area contributed by atoms with Crippen LogP contribution in [0.3, 0.4) is 0 Å². The van der Waals surface area contributed by atoms with E-state index in [2.05, 4.69) is 10.0 Å². The summed E-state index contributed by atoms with van der Waals surface area (Å²) in [5.41, 5.74) is 1.57. The molecule has 1 amide bonds. The van der Waals surface area contributed by atoms with Gasteiger partial charge in [0.15, 0.2) is 0 Å². The number of rotatable bonds is 3. The number of benzene rings is 1. The molecule has 1 saturated carbocycles. The summed E-state index contributed by atoms with van der Waals surface area (Å²) in [5.74, 6) is -0.0936. The van der Waals surface area contributed by atoms with Crippen LogP contribution in [0.5, 0.6) is 0 Å². The van der Waals surface area contributed by atoms with Crippen molar-refractivity contribution in [3.8, 4) is 0 Å². The van der Waals surface area contributed by atoms with Crippen LogP contribution >= 0.6 is 0 Å². The number of hydrogen-bond acceptors (Lipinski definition) is 3. The maximum atomic E-state index is 12.6. The Hall–Kier alpha value is -1.40. The van der Waals surface area contributed by atoms with Crippen LogP contribution < -0.4 is 10.0 Å². The molecule has 0 radical (unpaired) electrons. The van der Waals surface area contributed by atoms with E-state index in [9.17, 15) is 13.2 Å². The summed E-state index contributed by atoms with van der Waals surface area (Å²) in [5, 5.41) is 2.85. The molecule has 1 heterocycles. The predicted octanol–water partition coefficient (Wildman–Crippen LogP) is 2.45. The molecule has 0 atom stereocenters. The number of sulfonamides is 1. The molecule has 1 fully saturated rings. The fraction of sp³-hybridized carbons (Fsp3) is 0.562. The number of hydrogen-bond donors (Lipinski definition) is 2. The third kappa shape index (κ3) is 2.44. The fourth-order valence-electron chi connectivity index (χ4n) is 3.29. The second kappa shape index (κ2) is 5.06. The van der Waals surface area contributed by atoms with Gasteiger partial charge in [0.05, 0.1) is 10.3 Å². The van der Waals surface area contributed by atoms with Gasteiger partial charge in [-0.15, -0.1) is 0 Å². The van der Waals surface area contributed by atoms with Gasteiger partial charge in [0.25, 0.3) is 0 Å². The Balaban J connectivity index is 2.01. The zero-order valence-corrected chi connectivity index (χ0v) is 14.0. The lowest BCUT2D eigenvalue weighted by atomic mass is 9.85. The van der Waals surface area contributed by atoms with Crippen molar-refractivity contribution in [1.82, 2.24) is 4.72 Å². The first-order valence-corrected chi connectivity index (χ1v) is 9.19. The first-order chi connectivity index (χ1) is 10.2. The number of anilines is 1. The average molecular weight is 322 g/mol. The summed E-state index contributed by atoms with van der Waals surface area (Å²) >= 11 is 0. The highest BCUT2D eigenvalue weighted by atomic mass is 32.2. The van der Waals surface area contributed by atoms with Crippen molar-refractivity contribution in [3.05, 3.63) is 23.3 Å². The second-order valence-electron chi connectivity index (χ2n) is 6.84. The molecule has 2 aliphatic rings. The predicted molar refractivity (Wildman–Crippen MR) is 85.4 cm³/mol. The lowest BCUT2D eigenvalue weighted by Gasteiger charge is -2.18. The number of fused-ring (bicyclic) bond motifs is 1. The van der Waals surface area contributed by atoms with Crippen LogP contribution in [0.4, 0.5) is 5.69 Å². The van der Waals surface area contributed by atoms with Crippen molar-refractivity contribution < 1.29 is 13.2 Å². The number of carbonyl (C=O) groups is 1. The van der Waals surface area contributed by atoms with Gasteiger partial charge in [-0.25, -0.2) is 13.1 Å². The maximum absolute atomic E-state index is 12.6. The quantitative estimate of drug-likeness (QED) is 0.897. The van der Waals surface area contributed by atoms with Gasteiger partial charge in [-0.3, -0.25) is 4.79 Å². The van der Waals surface area contributed by atoms with E-state index in [0.29, 0.717) is 0 Å². The zero-order chi connectivity index (χ0) is 16.1. The van der Waals surface area contributed by atoms with Gasteiger partial charge in [0.1, 0.15) is 0 Å². The third-order valence-electron chi connectivity index (χ3n) is 4.78. The molecular weight excluding hydrogens is 300 g/mol. The molecule has 1 aromatic rings. The smallest absolute Gasteiger partial charge is 0.240 e. The Morgan fingerprint density at radius 1 is 1.23 bits per heavy atom. The summed E-state index contributed by atoms with van der Waals surface area (Å²) in [6.45, 7) is 5.46. The molecular formula is C16H22N2O3S. The van der Waals surface area contributed by atoms with E-state index in [4.69, 9.17) is 0 Å². The normalized spacial score (nSPS) is 21.0. The van der Waals surface area contributed by atoms with Gasteiger partial charge < -0.3 is 5.32 Å². The van der Waals surface area contributed by atoms with Crippen LogP contribution in [0.2, 0.25) is 0 Å². The summed E-state index contributed by atoms with van der Waals surface area (Å²) in [6.07, 6.45) is 3.94. The van der Waals surface area contributed by atoms with Crippen molar-refractivity contribution in [2.45, 2.75) is 62.8 Å². The van der Waals surface area contributed by atoms with E-state index in [0.717, 1.165) is 42.5 Å². The highest BCUT2D eigenvalue weighted by molar-refractivity contribution is 7.89. The monoisotopic (exact) mass is 322 g/mol. The molecule has 22 heavy (non-hydrogen) atoms. The first kappa shape index (κ1) is 15.5. The number of nitrogens with one attached hydrogen (secondary N) is 2. The maximum Gasteiger partial charge on any atom is 0.240 e. The zero-order valence-electron chi connectivity index (χ0n) is 13.2. The molecule has 0 bridgehead atoms. The van der Waals surface area contributed by atoms with Gasteiger partial charge >= 0.3 is 0 Å². The lowest BCUT2D eigenvalue weighted by Crippen LogP contribution is -2.33. The average Bonchev–Trinajstić information content (AvgIpc) is 2.99. The van der Waals surface area contributed by atoms with Crippen LogP contribution in [-0.4, -0.2) is 20.4 Å². The van der Waals surface area contributed by atoms with E-state index in [1.807, 2.05) is 20.8 Å². The van der Waals surface area contributed by atoms with Gasteiger partial charge in [0.2, 0.25) is 15.9 Å². The third-order valence-corrected chi connectivity index (χ3v) is 6.28. The second-order valence-corrected chi connectivity index (χ2v) is 8.56. The minimum Gasteiger partial charge on any atom is -0.325 e. The van der Waals surface area contributed by atoms with E-state index >= 15 is 0 Å². The van der Waals surface area contributed by atoms with Crippen molar-refractivity contribution >= 4 is 21.6 Å². The molecule has 0 spiro atoms. The topological polar surface area (TPSA) is 75.3 Å². The summed E-state index contributed by atoms with van der Waals surface area (Å²) in [7, 11) is -3.54. The molecule has 1 aromatic carbocycles. The van der Waals surface area contributed by atoms with Crippen molar-refractivity contribution in [2.24, 2.45) is 0 Å². The number of amides is 1. The Morgan fingerprint density at radius 2 is 1.86 bits per heavy atom. The highest BCUT2D eigenvalue weighted by Crippen LogP contribution is 2.40. The Labute approximate surface area is 131 Å². The standard InChI is InChI=1S/C16H22N2O3S/c1-10-8-12(22(20,21)18-11-6-4-5-7-11)9-13-14(10)17-15(19)16(13,2)3/h8-9,11,18H,4-7H2,1-3H3,(H,17,19). The van der Waals surface area contributed by atoms with E-state index < -0.39 is 15.4 Å². The number of aryl methyl sites for hydroxylation is 1. The van der Waals surface area contributed by atoms with Crippen LogP contribution in [0.25, 0.3) is 0 Å². The molecule has 0 saturated heterocycles. The van der Waals surface area contributed by atoms with Gasteiger partial charge in [-0.05, 0) is 56.9 Å². The molecule has 120 valence electrons. The van der Waals surface area contributed by atoms with E-state index in [-0.39, 0.29) is 16.8 Å². The highest BCUT2D eigenvalue weighted by Gasteiger charge is 2.40. The first-order valence-electron chi connectivity index (χ1n) is 7.71. The van der Waals surface area contributed by atoms with E-state index in [1.54, 1.807) is 12.1 Å². The largest absolute Gasteiger partial charge is 0.325 e. The van der Waals surface area contributed by atoms with Crippen molar-refractivity contribution in [2.75, 3.05) is 5.32 Å². The van der Waals surface area contributed by atoms with Gasteiger partial charge in [-0.2, -0.15) is 0 Å². The van der Waals surface area contributed by atoms with E-state index in [1.165, 1.54) is 0 Å². The van der Waals surface area contributed by atoms with Crippen LogP contribution in [0, 0.1) is 6.92 Å². The van der Waals surface area contributed by atoms with Crippen molar-refractivity contribution in [3.63, 3.8) is 0 Å². The Bertz CT molecular complexity index is 732. The fourth-order valence-corrected chi connectivity index (χ4v) is 4.71. The van der Waals surface area contributed by atoms with Crippen LogP contribution in [0.1, 0.15) is 50.7 Å². The van der Waals surface area contributed by atoms with Crippen LogP contribution in [0.15, 0.2) is 17.0 Å². The molecule has 1 aliphatic heterocycles. The summed E-state index contributed by atoms with van der Waals surface area (Å²) in [4.78, 5) is 12.3. The minimum absolute atomic E-state index is 0.0336. The Morgan fingerprint density at radius 3 is 2.50 bits per heavy atom. The summed E-state index contributed by atoms with van der Waals surface area (Å²) < 4.78 is 28.0. The molecule has 3 rings (SSSR count). The molecule has 2 N–H and O–H groups in total. The minimum atomic E-state index is -3.54. The lowest BCUT2D eigenvalue weighted by molar-refractivity contribution is -0.119. The molecule has 5 nitrogen and oxygen atoms in total. The molecule has 0 aromatic heterocycles. The molecule has 0 unspecified atom stereocenters. The number of carbonyl (C=O) groups excluding carboxylic acids is 1. The summed E-state index contributed by atoms with van der Waals surface area (Å²) in [6, 6.07) is 3.31. The van der Waals surface area contributed by atoms with Gasteiger partial charge in [0, 0.05) is 11.7 Å². The van der Waals surface area contributed by atoms with Crippen molar-refractivity contribution in [1.29, 1.82) is 0 Å².